The van der Waals surface area contributed by atoms with Gasteiger partial charge >= 0.3 is 0 Å². The van der Waals surface area contributed by atoms with Gasteiger partial charge in [0, 0.05) is 25.9 Å². The Morgan fingerprint density at radius 1 is 1.17 bits per heavy atom. The molecule has 1 fully saturated rings. The van der Waals surface area contributed by atoms with Crippen molar-refractivity contribution in [1.29, 1.82) is 0 Å². The largest absolute Gasteiger partial charge is 0.300 e. The molecule has 6 heteroatoms. The van der Waals surface area contributed by atoms with E-state index in [4.69, 9.17) is 0 Å². The van der Waals surface area contributed by atoms with Crippen LogP contribution in [0.25, 0.3) is 0 Å². The molecule has 98 valence electrons. The summed E-state index contributed by atoms with van der Waals surface area (Å²) >= 11 is 0. The minimum absolute atomic E-state index is 0.0585. The maximum Gasteiger partial charge on any atom is 0.243 e. The molecule has 0 spiro atoms. The zero-order valence-corrected chi connectivity index (χ0v) is 10.6. The van der Waals surface area contributed by atoms with Crippen LogP contribution in [0.4, 0.5) is 4.39 Å². The van der Waals surface area contributed by atoms with E-state index in [9.17, 15) is 17.6 Å². The van der Waals surface area contributed by atoms with E-state index in [1.807, 2.05) is 0 Å². The number of sulfonamides is 1. The highest BCUT2D eigenvalue weighted by atomic mass is 32.2. The van der Waals surface area contributed by atoms with Crippen LogP contribution in [0.1, 0.15) is 19.3 Å². The number of benzene rings is 1. The lowest BCUT2D eigenvalue weighted by Gasteiger charge is -2.19. The number of halogens is 1. The fourth-order valence-corrected chi connectivity index (χ4v) is 3.47. The number of hydrogen-bond donors (Lipinski definition) is 0. The smallest absolute Gasteiger partial charge is 0.243 e. The topological polar surface area (TPSA) is 54.5 Å². The number of ketones is 1. The molecule has 1 aromatic rings. The Kier molecular flexibility index (Phi) is 3.77. The molecule has 0 amide bonds. The van der Waals surface area contributed by atoms with E-state index >= 15 is 0 Å². The van der Waals surface area contributed by atoms with Crippen LogP contribution in [-0.2, 0) is 14.8 Å². The van der Waals surface area contributed by atoms with Gasteiger partial charge in [-0.2, -0.15) is 4.31 Å². The number of carbonyl (C=O) groups excluding carboxylic acids is 1. The lowest BCUT2D eigenvalue weighted by atomic mass is 10.2. The Morgan fingerprint density at radius 3 is 2.67 bits per heavy atom. The van der Waals surface area contributed by atoms with Gasteiger partial charge in [0.1, 0.15) is 11.6 Å². The second-order valence-corrected chi connectivity index (χ2v) is 6.19. The van der Waals surface area contributed by atoms with Crippen LogP contribution in [0.15, 0.2) is 29.2 Å². The van der Waals surface area contributed by atoms with Gasteiger partial charge < -0.3 is 0 Å². The lowest BCUT2D eigenvalue weighted by Crippen LogP contribution is -2.32. The van der Waals surface area contributed by atoms with Crippen molar-refractivity contribution in [1.82, 2.24) is 4.31 Å². The van der Waals surface area contributed by atoms with Gasteiger partial charge in [-0.1, -0.05) is 6.07 Å². The summed E-state index contributed by atoms with van der Waals surface area (Å²) < 4.78 is 38.8. The number of Topliss-reactive ketones (excluding diaryl/α,β-unsaturated/α-hetero) is 1. The van der Waals surface area contributed by atoms with Gasteiger partial charge in [-0.25, -0.2) is 12.8 Å². The van der Waals surface area contributed by atoms with Gasteiger partial charge in [0.25, 0.3) is 0 Å². The van der Waals surface area contributed by atoms with Crippen molar-refractivity contribution in [3.63, 3.8) is 0 Å². The SMILES string of the molecule is O=C1CCCN(S(=O)(=O)c2cccc(F)c2)CC1. The van der Waals surface area contributed by atoms with Crippen molar-refractivity contribution < 1.29 is 17.6 Å². The zero-order valence-electron chi connectivity index (χ0n) is 9.80. The molecule has 18 heavy (non-hydrogen) atoms. The van der Waals surface area contributed by atoms with E-state index in [1.54, 1.807) is 0 Å². The summed E-state index contributed by atoms with van der Waals surface area (Å²) in [4.78, 5) is 11.2. The number of hydrogen-bond acceptors (Lipinski definition) is 3. The summed E-state index contributed by atoms with van der Waals surface area (Å²) in [5.74, 6) is -0.506. The molecule has 0 aliphatic carbocycles. The highest BCUT2D eigenvalue weighted by molar-refractivity contribution is 7.89. The van der Waals surface area contributed by atoms with Crippen molar-refractivity contribution in [3.8, 4) is 0 Å². The molecule has 1 aromatic carbocycles. The second kappa shape index (κ2) is 5.16. The Labute approximate surface area is 105 Å². The average molecular weight is 271 g/mol. The maximum atomic E-state index is 13.1. The Balaban J connectivity index is 2.28. The molecule has 1 heterocycles. The molecule has 0 N–H and O–H groups in total. The lowest BCUT2D eigenvalue weighted by molar-refractivity contribution is -0.118. The van der Waals surface area contributed by atoms with Crippen molar-refractivity contribution in [2.24, 2.45) is 0 Å². The number of rotatable bonds is 2. The fourth-order valence-electron chi connectivity index (χ4n) is 1.96. The van der Waals surface area contributed by atoms with E-state index in [-0.39, 0.29) is 23.6 Å². The third kappa shape index (κ3) is 2.76. The van der Waals surface area contributed by atoms with Crippen LogP contribution in [0.2, 0.25) is 0 Å². The van der Waals surface area contributed by atoms with E-state index in [2.05, 4.69) is 0 Å². The molecule has 0 aromatic heterocycles. The third-order valence-corrected chi connectivity index (χ3v) is 4.83. The van der Waals surface area contributed by atoms with Crippen LogP contribution < -0.4 is 0 Å². The zero-order chi connectivity index (χ0) is 13.2. The normalized spacial score (nSPS) is 18.6. The minimum atomic E-state index is -3.69. The quantitative estimate of drug-likeness (QED) is 0.820. The van der Waals surface area contributed by atoms with Crippen LogP contribution in [0, 0.1) is 5.82 Å². The molecule has 2 rings (SSSR count). The first-order valence-corrected chi connectivity index (χ1v) is 7.21. The molecule has 0 radical (unpaired) electrons. The fraction of sp³-hybridized carbons (Fsp3) is 0.417. The van der Waals surface area contributed by atoms with E-state index < -0.39 is 15.8 Å². The Hall–Kier alpha value is -1.27. The number of carbonyl (C=O) groups is 1. The Bertz CT molecular complexity index is 556. The molecule has 4 nitrogen and oxygen atoms in total. The van der Waals surface area contributed by atoms with Gasteiger partial charge in [0.2, 0.25) is 10.0 Å². The van der Waals surface area contributed by atoms with Crippen molar-refractivity contribution >= 4 is 15.8 Å². The first-order valence-electron chi connectivity index (χ1n) is 5.77. The van der Waals surface area contributed by atoms with Gasteiger partial charge in [0.15, 0.2) is 0 Å². The maximum absolute atomic E-state index is 13.1. The van der Waals surface area contributed by atoms with Crippen molar-refractivity contribution in [2.75, 3.05) is 13.1 Å². The van der Waals surface area contributed by atoms with E-state index in [1.165, 1.54) is 22.5 Å². The average Bonchev–Trinajstić information content (AvgIpc) is 2.54. The van der Waals surface area contributed by atoms with Crippen LogP contribution in [0.5, 0.6) is 0 Å². The second-order valence-electron chi connectivity index (χ2n) is 4.25. The summed E-state index contributed by atoms with van der Waals surface area (Å²) in [5.41, 5.74) is 0. The molecule has 1 saturated heterocycles. The standard InChI is InChI=1S/C12H14FNO3S/c13-10-3-1-5-12(9-10)18(16,17)14-7-2-4-11(15)6-8-14/h1,3,5,9H,2,4,6-8H2. The summed E-state index contributed by atoms with van der Waals surface area (Å²) in [5, 5.41) is 0. The summed E-state index contributed by atoms with van der Waals surface area (Å²) in [6, 6.07) is 4.93. The van der Waals surface area contributed by atoms with Crippen LogP contribution in [-0.4, -0.2) is 31.6 Å². The Morgan fingerprint density at radius 2 is 1.94 bits per heavy atom. The van der Waals surface area contributed by atoms with Crippen LogP contribution in [0.3, 0.4) is 0 Å². The molecule has 0 saturated carbocycles. The monoisotopic (exact) mass is 271 g/mol. The van der Waals surface area contributed by atoms with Gasteiger partial charge in [-0.3, -0.25) is 4.79 Å². The van der Waals surface area contributed by atoms with Crippen molar-refractivity contribution in [3.05, 3.63) is 30.1 Å². The molecule has 0 unspecified atom stereocenters. The highest BCUT2D eigenvalue weighted by Crippen LogP contribution is 2.19. The van der Waals surface area contributed by atoms with Crippen molar-refractivity contribution in [2.45, 2.75) is 24.2 Å². The summed E-state index contributed by atoms with van der Waals surface area (Å²) in [7, 11) is -3.69. The number of nitrogens with zero attached hydrogens (tertiary/aromatic N) is 1. The minimum Gasteiger partial charge on any atom is -0.300 e. The van der Waals surface area contributed by atoms with Gasteiger partial charge in [-0.15, -0.1) is 0 Å². The molecule has 1 aliphatic heterocycles. The van der Waals surface area contributed by atoms with E-state index in [0.29, 0.717) is 19.4 Å². The predicted octanol–water partition coefficient (Wildman–Crippen LogP) is 1.57. The first kappa shape index (κ1) is 13.2. The highest BCUT2D eigenvalue weighted by Gasteiger charge is 2.26. The molecule has 1 aliphatic rings. The third-order valence-electron chi connectivity index (χ3n) is 2.94. The molecule has 0 bridgehead atoms. The van der Waals surface area contributed by atoms with E-state index in [0.717, 1.165) is 6.07 Å². The molecular formula is C12H14FNO3S. The summed E-state index contributed by atoms with van der Waals surface area (Å²) in [6.07, 6.45) is 1.16. The molecule has 0 atom stereocenters. The molecular weight excluding hydrogens is 257 g/mol. The van der Waals surface area contributed by atoms with Gasteiger partial charge in [0.05, 0.1) is 4.90 Å². The predicted molar refractivity (Wildman–Crippen MR) is 64.0 cm³/mol. The summed E-state index contributed by atoms with van der Waals surface area (Å²) in [6.45, 7) is 0.488. The van der Waals surface area contributed by atoms with Gasteiger partial charge in [-0.05, 0) is 24.6 Å². The van der Waals surface area contributed by atoms with Crippen LogP contribution >= 0.6 is 0 Å². The first-order chi connectivity index (χ1) is 8.50.